The molecule has 0 amide bonds. The van der Waals surface area contributed by atoms with Crippen molar-refractivity contribution in [2.75, 3.05) is 11.4 Å². The molecule has 0 aliphatic rings. The number of nitrogens with zero attached hydrogens (tertiary/aromatic N) is 1. The molecule has 1 aromatic carbocycles. The largest absolute Gasteiger partial charge is 0.315 e. The van der Waals surface area contributed by atoms with Gasteiger partial charge < -0.3 is 4.31 Å². The van der Waals surface area contributed by atoms with Gasteiger partial charge in [-0.15, -0.1) is 0 Å². The number of rotatable bonds is 3. The Balaban J connectivity index is 2.59. The Kier molecular flexibility index (Phi) is 3.34. The van der Waals surface area contributed by atoms with Gasteiger partial charge in [-0.05, 0) is 12.1 Å². The second-order valence-corrected chi connectivity index (χ2v) is 3.31. The van der Waals surface area contributed by atoms with Crippen LogP contribution in [-0.4, -0.2) is 12.8 Å². The highest BCUT2D eigenvalue weighted by Gasteiger charge is 2.08. The number of hydrogen-bond acceptors (Lipinski definition) is 2. The van der Waals surface area contributed by atoms with Gasteiger partial charge in [0.1, 0.15) is 0 Å². The lowest BCUT2D eigenvalue weighted by atomic mass is 10.3. The van der Waals surface area contributed by atoms with E-state index in [1.54, 1.807) is 19.2 Å². The van der Waals surface area contributed by atoms with Crippen molar-refractivity contribution in [1.82, 2.24) is 0 Å². The standard InChI is InChI=1S/C8H9F2NS/c1-11(12-8(9)10)7-5-3-2-4-6-7/h2-6,8H,1H3. The molecule has 0 N–H and O–H groups in total. The fraction of sp³-hybridized carbons (Fsp3) is 0.250. The van der Waals surface area contributed by atoms with E-state index in [0.29, 0.717) is 11.9 Å². The number of benzene rings is 1. The van der Waals surface area contributed by atoms with E-state index >= 15 is 0 Å². The third-order valence-electron chi connectivity index (χ3n) is 1.36. The molecule has 0 fully saturated rings. The van der Waals surface area contributed by atoms with Crippen LogP contribution in [0.1, 0.15) is 0 Å². The maximum atomic E-state index is 11.9. The molecule has 66 valence electrons. The third-order valence-corrected chi connectivity index (χ3v) is 2.04. The second-order valence-electron chi connectivity index (χ2n) is 2.20. The fourth-order valence-corrected chi connectivity index (χ4v) is 1.30. The molecule has 1 aromatic rings. The number of halogens is 2. The molecule has 0 heterocycles. The van der Waals surface area contributed by atoms with Crippen molar-refractivity contribution in [1.29, 1.82) is 0 Å². The van der Waals surface area contributed by atoms with Gasteiger partial charge in [0.15, 0.2) is 0 Å². The van der Waals surface area contributed by atoms with E-state index in [1.807, 2.05) is 18.2 Å². The Morgan fingerprint density at radius 3 is 2.33 bits per heavy atom. The van der Waals surface area contributed by atoms with Crippen molar-refractivity contribution in [3.63, 3.8) is 0 Å². The van der Waals surface area contributed by atoms with Crippen molar-refractivity contribution < 1.29 is 8.78 Å². The monoisotopic (exact) mass is 189 g/mol. The summed E-state index contributed by atoms with van der Waals surface area (Å²) >= 11 is 0.507. The second kappa shape index (κ2) is 4.30. The molecule has 0 radical (unpaired) electrons. The van der Waals surface area contributed by atoms with Gasteiger partial charge >= 0.3 is 5.76 Å². The van der Waals surface area contributed by atoms with Gasteiger partial charge in [0.05, 0.1) is 0 Å². The van der Waals surface area contributed by atoms with E-state index in [4.69, 9.17) is 0 Å². The van der Waals surface area contributed by atoms with Crippen LogP contribution in [0.3, 0.4) is 0 Å². The number of para-hydroxylation sites is 1. The smallest absolute Gasteiger partial charge is 0.302 e. The minimum Gasteiger partial charge on any atom is -0.315 e. The summed E-state index contributed by atoms with van der Waals surface area (Å²) in [6.07, 6.45) is 0. The highest BCUT2D eigenvalue weighted by atomic mass is 32.2. The summed E-state index contributed by atoms with van der Waals surface area (Å²) in [5, 5.41) is 0. The van der Waals surface area contributed by atoms with E-state index in [-0.39, 0.29) is 0 Å². The average molecular weight is 189 g/mol. The zero-order valence-corrected chi connectivity index (χ0v) is 7.39. The Hall–Kier alpha value is -0.770. The van der Waals surface area contributed by atoms with E-state index < -0.39 is 5.76 Å². The first-order chi connectivity index (χ1) is 5.70. The molecule has 0 atom stereocenters. The lowest BCUT2D eigenvalue weighted by molar-refractivity contribution is 0.252. The van der Waals surface area contributed by atoms with Crippen LogP contribution in [0.5, 0.6) is 0 Å². The van der Waals surface area contributed by atoms with E-state index in [9.17, 15) is 8.78 Å². The molecule has 0 unspecified atom stereocenters. The summed E-state index contributed by atoms with van der Waals surface area (Å²) in [7, 11) is 1.62. The molecule has 12 heavy (non-hydrogen) atoms. The number of anilines is 1. The summed E-state index contributed by atoms with van der Waals surface area (Å²) in [6, 6.07) is 9.06. The quantitative estimate of drug-likeness (QED) is 0.672. The Bertz CT molecular complexity index is 228. The van der Waals surface area contributed by atoms with Crippen LogP contribution in [0, 0.1) is 0 Å². The first kappa shape index (κ1) is 9.32. The topological polar surface area (TPSA) is 3.24 Å². The normalized spacial score (nSPS) is 10.3. The minimum atomic E-state index is -2.37. The van der Waals surface area contributed by atoms with E-state index in [1.165, 1.54) is 4.31 Å². The molecule has 4 heteroatoms. The maximum Gasteiger partial charge on any atom is 0.302 e. The van der Waals surface area contributed by atoms with Crippen LogP contribution in [-0.2, 0) is 0 Å². The summed E-state index contributed by atoms with van der Waals surface area (Å²) in [4.78, 5) is 0. The SMILES string of the molecule is CN(SC(F)F)c1ccccc1. The summed E-state index contributed by atoms with van der Waals surface area (Å²) < 4.78 is 25.2. The lowest BCUT2D eigenvalue weighted by Gasteiger charge is -2.16. The first-order valence-corrected chi connectivity index (χ1v) is 4.27. The molecule has 1 nitrogen and oxygen atoms in total. The molecule has 0 saturated carbocycles. The van der Waals surface area contributed by atoms with E-state index in [0.717, 1.165) is 5.69 Å². The minimum absolute atomic E-state index is 0.507. The van der Waals surface area contributed by atoms with Gasteiger partial charge in [-0.2, -0.15) is 8.78 Å². The number of hydrogen-bond donors (Lipinski definition) is 0. The molecule has 0 spiro atoms. The van der Waals surface area contributed by atoms with Crippen molar-refractivity contribution in [3.05, 3.63) is 30.3 Å². The van der Waals surface area contributed by atoms with Crippen LogP contribution in [0.4, 0.5) is 14.5 Å². The van der Waals surface area contributed by atoms with Gasteiger partial charge in [0.25, 0.3) is 0 Å². The average Bonchev–Trinajstić information content (AvgIpc) is 2.05. The molecular formula is C8H9F2NS. The highest BCUT2D eigenvalue weighted by Crippen LogP contribution is 2.24. The van der Waals surface area contributed by atoms with Crippen LogP contribution < -0.4 is 4.31 Å². The zero-order valence-electron chi connectivity index (χ0n) is 6.58. The molecular weight excluding hydrogens is 180 g/mol. The van der Waals surface area contributed by atoms with Crippen LogP contribution in [0.25, 0.3) is 0 Å². The van der Waals surface area contributed by atoms with Gasteiger partial charge in [0, 0.05) is 24.7 Å². The lowest BCUT2D eigenvalue weighted by Crippen LogP contribution is -2.08. The van der Waals surface area contributed by atoms with Gasteiger partial charge in [-0.3, -0.25) is 0 Å². The Labute approximate surface area is 74.5 Å². The predicted octanol–water partition coefficient (Wildman–Crippen LogP) is 2.99. The predicted molar refractivity (Wildman–Crippen MR) is 48.4 cm³/mol. The molecule has 0 aromatic heterocycles. The zero-order chi connectivity index (χ0) is 8.97. The molecule has 0 aliphatic carbocycles. The molecule has 0 aliphatic heterocycles. The Morgan fingerprint density at radius 2 is 1.83 bits per heavy atom. The summed E-state index contributed by atoms with van der Waals surface area (Å²) in [5.74, 6) is -2.37. The van der Waals surface area contributed by atoms with Gasteiger partial charge in [-0.1, -0.05) is 18.2 Å². The first-order valence-electron chi connectivity index (χ1n) is 3.44. The maximum absolute atomic E-state index is 11.9. The third kappa shape index (κ3) is 2.70. The highest BCUT2D eigenvalue weighted by molar-refractivity contribution is 8.00. The molecule has 0 saturated heterocycles. The van der Waals surface area contributed by atoms with Gasteiger partial charge in [0.2, 0.25) is 0 Å². The van der Waals surface area contributed by atoms with Crippen molar-refractivity contribution >= 4 is 17.6 Å². The van der Waals surface area contributed by atoms with Crippen LogP contribution in [0.2, 0.25) is 0 Å². The van der Waals surface area contributed by atoms with Crippen LogP contribution in [0.15, 0.2) is 30.3 Å². The molecule has 1 rings (SSSR count). The summed E-state index contributed by atoms with van der Waals surface area (Å²) in [5.41, 5.74) is 0.780. The van der Waals surface area contributed by atoms with Crippen molar-refractivity contribution in [2.45, 2.75) is 5.76 Å². The summed E-state index contributed by atoms with van der Waals surface area (Å²) in [6.45, 7) is 0. The Morgan fingerprint density at radius 1 is 1.25 bits per heavy atom. The van der Waals surface area contributed by atoms with Crippen molar-refractivity contribution in [3.8, 4) is 0 Å². The van der Waals surface area contributed by atoms with Gasteiger partial charge in [-0.25, -0.2) is 0 Å². The van der Waals surface area contributed by atoms with Crippen LogP contribution >= 0.6 is 11.9 Å². The fourth-order valence-electron chi connectivity index (χ4n) is 0.818. The van der Waals surface area contributed by atoms with Crippen molar-refractivity contribution in [2.24, 2.45) is 0 Å². The molecule has 0 bridgehead atoms. The number of alkyl halides is 2. The van der Waals surface area contributed by atoms with E-state index in [2.05, 4.69) is 0 Å².